The van der Waals surface area contributed by atoms with Crippen molar-refractivity contribution in [2.45, 2.75) is 70.0 Å². The third kappa shape index (κ3) is 8.28. The van der Waals surface area contributed by atoms with E-state index in [1.165, 1.54) is 4.90 Å². The van der Waals surface area contributed by atoms with Crippen LogP contribution in [0.4, 0.5) is 0 Å². The third-order valence-electron chi connectivity index (χ3n) is 8.30. The molecule has 3 N–H and O–H groups in total. The Bertz CT molecular complexity index is 1230. The lowest BCUT2D eigenvalue weighted by Gasteiger charge is -2.36. The summed E-state index contributed by atoms with van der Waals surface area (Å²) < 4.78 is 0. The van der Waals surface area contributed by atoms with Crippen LogP contribution >= 0.6 is 0 Å². The molecular weight excluding hydrogens is 530 g/mol. The monoisotopic (exact) mass is 573 g/mol. The normalized spacial score (nSPS) is 18.8. The van der Waals surface area contributed by atoms with Gasteiger partial charge >= 0.3 is 0 Å². The minimum atomic E-state index is -0.733. The number of likely N-dealkylation sites (N-methyl/N-ethyl adjacent to an activating group) is 1. The van der Waals surface area contributed by atoms with E-state index in [0.29, 0.717) is 19.4 Å². The number of hydrogen-bond acceptors (Lipinski definition) is 5. The minimum Gasteiger partial charge on any atom is -0.345 e. The molecule has 0 radical (unpaired) electrons. The maximum atomic E-state index is 13.7. The maximum Gasteiger partial charge on any atom is 0.250 e. The lowest BCUT2D eigenvalue weighted by atomic mass is 9.83. The van der Waals surface area contributed by atoms with E-state index in [-0.39, 0.29) is 36.1 Å². The van der Waals surface area contributed by atoms with Crippen LogP contribution in [0.3, 0.4) is 0 Å². The maximum absolute atomic E-state index is 13.7. The Balaban J connectivity index is 1.45. The Hall–Kier alpha value is -3.98. The van der Waals surface area contributed by atoms with Gasteiger partial charge < -0.3 is 25.8 Å². The fourth-order valence-electron chi connectivity index (χ4n) is 5.64. The van der Waals surface area contributed by atoms with E-state index in [9.17, 15) is 19.2 Å². The van der Waals surface area contributed by atoms with Crippen LogP contribution in [0.1, 0.15) is 50.2 Å². The molecule has 1 aliphatic carbocycles. The molecule has 1 aliphatic heterocycles. The van der Waals surface area contributed by atoms with Crippen LogP contribution < -0.4 is 16.0 Å². The number of carbonyl (C=O) groups excluding carboxylic acids is 4. The Morgan fingerprint density at radius 1 is 0.881 bits per heavy atom. The Morgan fingerprint density at radius 2 is 1.52 bits per heavy atom. The predicted molar refractivity (Wildman–Crippen MR) is 162 cm³/mol. The zero-order valence-corrected chi connectivity index (χ0v) is 24.6. The number of carbonyl (C=O) groups is 4. The minimum absolute atomic E-state index is 0.0160. The molecule has 9 heteroatoms. The number of nitrogens with one attached hydrogen (secondary N) is 3. The van der Waals surface area contributed by atoms with Crippen LogP contribution in [0.25, 0.3) is 0 Å². The van der Waals surface area contributed by atoms with Gasteiger partial charge in [-0.25, -0.2) is 0 Å². The molecule has 4 rings (SSSR count). The molecule has 2 aliphatic rings. The Morgan fingerprint density at radius 3 is 2.17 bits per heavy atom. The van der Waals surface area contributed by atoms with Gasteiger partial charge in [0.05, 0.1) is 12.6 Å². The van der Waals surface area contributed by atoms with Gasteiger partial charge in [-0.05, 0) is 50.3 Å². The van der Waals surface area contributed by atoms with Crippen molar-refractivity contribution in [3.63, 3.8) is 0 Å². The van der Waals surface area contributed by atoms with Crippen LogP contribution in [-0.4, -0.2) is 71.7 Å². The molecule has 4 amide bonds. The van der Waals surface area contributed by atoms with Gasteiger partial charge in [-0.15, -0.1) is 0 Å². The summed E-state index contributed by atoms with van der Waals surface area (Å²) in [6.45, 7) is 1.97. The van der Waals surface area contributed by atoms with Crippen molar-refractivity contribution in [3.05, 3.63) is 84.2 Å². The van der Waals surface area contributed by atoms with E-state index in [0.717, 1.165) is 43.2 Å². The van der Waals surface area contributed by atoms with E-state index < -0.39 is 18.1 Å². The fourth-order valence-corrected chi connectivity index (χ4v) is 5.64. The van der Waals surface area contributed by atoms with Gasteiger partial charge in [-0.3, -0.25) is 19.2 Å². The van der Waals surface area contributed by atoms with Crippen LogP contribution in [-0.2, 0) is 32.0 Å². The molecule has 1 fully saturated rings. The topological polar surface area (TPSA) is 111 Å². The van der Waals surface area contributed by atoms with Crippen molar-refractivity contribution in [2.24, 2.45) is 5.92 Å². The van der Waals surface area contributed by atoms with Crippen LogP contribution in [0.15, 0.2) is 73.1 Å². The van der Waals surface area contributed by atoms with Gasteiger partial charge in [0.2, 0.25) is 23.6 Å². The van der Waals surface area contributed by atoms with Gasteiger partial charge in [0.1, 0.15) is 12.1 Å². The zero-order valence-electron chi connectivity index (χ0n) is 24.6. The highest BCUT2D eigenvalue weighted by molar-refractivity contribution is 5.94. The van der Waals surface area contributed by atoms with Gasteiger partial charge in [0.25, 0.3) is 0 Å². The zero-order chi connectivity index (χ0) is 29.9. The quantitative estimate of drug-likeness (QED) is 0.362. The highest BCUT2D eigenvalue weighted by atomic mass is 16.2. The van der Waals surface area contributed by atoms with E-state index >= 15 is 0 Å². The molecule has 224 valence electrons. The summed E-state index contributed by atoms with van der Waals surface area (Å²) in [5, 5.41) is 8.59. The van der Waals surface area contributed by atoms with Crippen LogP contribution in [0.5, 0.6) is 0 Å². The highest BCUT2D eigenvalue weighted by Gasteiger charge is 2.36. The van der Waals surface area contributed by atoms with Crippen molar-refractivity contribution in [1.29, 1.82) is 0 Å². The standard InChI is InChI=1S/C33H43N5O4/c1-24(34-2)31(40)36-30(27-16-10-5-11-17-27)32(41)35-23-29(39)38-21-20-37(19-18-25-12-6-3-7-13-25)33(42)28(38)22-26-14-8-4-9-15-26/h3-4,6-9,12-15,20-21,24,27-28,30,34H,5,10-11,16-19,22-23H2,1-2H3,(H,35,41)(H,36,40)/t24-,28-,30-/m0/s1. The van der Waals surface area contributed by atoms with Gasteiger partial charge in [-0.1, -0.05) is 79.9 Å². The molecule has 0 aromatic heterocycles. The molecule has 0 bridgehead atoms. The fraction of sp³-hybridized carbons (Fsp3) is 0.455. The summed E-state index contributed by atoms with van der Waals surface area (Å²) >= 11 is 0. The first kappa shape index (κ1) is 31.0. The first-order valence-corrected chi connectivity index (χ1v) is 15.0. The third-order valence-corrected chi connectivity index (χ3v) is 8.30. The molecular formula is C33H43N5O4. The number of benzene rings is 2. The largest absolute Gasteiger partial charge is 0.345 e. The molecule has 1 heterocycles. The predicted octanol–water partition coefficient (Wildman–Crippen LogP) is 2.77. The van der Waals surface area contributed by atoms with E-state index in [1.54, 1.807) is 31.3 Å². The summed E-state index contributed by atoms with van der Waals surface area (Å²) in [7, 11) is 1.70. The summed E-state index contributed by atoms with van der Waals surface area (Å²) in [6, 6.07) is 17.7. The van der Waals surface area contributed by atoms with Crippen LogP contribution in [0.2, 0.25) is 0 Å². The van der Waals surface area contributed by atoms with Gasteiger partial charge in [0.15, 0.2) is 0 Å². The average Bonchev–Trinajstić information content (AvgIpc) is 3.03. The molecule has 0 spiro atoms. The number of hydrogen-bond donors (Lipinski definition) is 3. The lowest BCUT2D eigenvalue weighted by Crippen LogP contribution is -2.57. The first-order chi connectivity index (χ1) is 20.4. The second-order valence-electron chi connectivity index (χ2n) is 11.2. The molecule has 2 aromatic carbocycles. The molecule has 3 atom stereocenters. The molecule has 0 saturated heterocycles. The SMILES string of the molecule is CN[C@@H](C)C(=O)N[C@H](C(=O)NCC(=O)N1C=CN(CCc2ccccc2)C(=O)[C@@H]1Cc1ccccc1)C1CCCCC1. The van der Waals surface area contributed by atoms with Crippen molar-refractivity contribution >= 4 is 23.6 Å². The van der Waals surface area contributed by atoms with E-state index in [1.807, 2.05) is 60.7 Å². The summed E-state index contributed by atoms with van der Waals surface area (Å²) in [4.78, 5) is 56.3. The number of amides is 4. The van der Waals surface area contributed by atoms with E-state index in [2.05, 4.69) is 16.0 Å². The van der Waals surface area contributed by atoms with Crippen molar-refractivity contribution in [3.8, 4) is 0 Å². The summed E-state index contributed by atoms with van der Waals surface area (Å²) in [5.74, 6) is -1.15. The second kappa shape index (κ2) is 15.3. The van der Waals surface area contributed by atoms with E-state index in [4.69, 9.17) is 0 Å². The Kier molecular flexibility index (Phi) is 11.3. The van der Waals surface area contributed by atoms with Crippen molar-refractivity contribution < 1.29 is 19.2 Å². The van der Waals surface area contributed by atoms with Crippen LogP contribution in [0, 0.1) is 5.92 Å². The molecule has 0 unspecified atom stereocenters. The van der Waals surface area contributed by atoms with Crippen molar-refractivity contribution in [1.82, 2.24) is 25.8 Å². The van der Waals surface area contributed by atoms with Gasteiger partial charge in [0, 0.05) is 25.4 Å². The molecule has 42 heavy (non-hydrogen) atoms. The molecule has 9 nitrogen and oxygen atoms in total. The molecule has 1 saturated carbocycles. The van der Waals surface area contributed by atoms with Gasteiger partial charge in [-0.2, -0.15) is 0 Å². The number of rotatable bonds is 12. The average molecular weight is 574 g/mol. The summed E-state index contributed by atoms with van der Waals surface area (Å²) in [5.41, 5.74) is 2.07. The van der Waals surface area contributed by atoms with Crippen molar-refractivity contribution in [2.75, 3.05) is 20.1 Å². The first-order valence-electron chi connectivity index (χ1n) is 15.0. The second-order valence-corrected chi connectivity index (χ2v) is 11.2. The molecule has 2 aromatic rings. The highest BCUT2D eigenvalue weighted by Crippen LogP contribution is 2.27. The summed E-state index contributed by atoms with van der Waals surface area (Å²) in [6.07, 6.45) is 9.17. The Labute approximate surface area is 248 Å². The lowest BCUT2D eigenvalue weighted by molar-refractivity contribution is -0.143. The number of nitrogens with zero attached hydrogens (tertiary/aromatic N) is 2. The smallest absolute Gasteiger partial charge is 0.250 e.